The van der Waals surface area contributed by atoms with Gasteiger partial charge in [-0.15, -0.1) is 12.4 Å². The van der Waals surface area contributed by atoms with Gasteiger partial charge < -0.3 is 14.8 Å². The molecule has 1 saturated heterocycles. The minimum Gasteiger partial charge on any atom is -0.493 e. The first-order valence-electron chi connectivity index (χ1n) is 11.0. The van der Waals surface area contributed by atoms with Crippen LogP contribution in [0.25, 0.3) is 0 Å². The standard InChI is InChI=1S/C23H31N3O3.ClH/c1-22(2)20(25-26(21(22)27)15-8-12-24-13-9-15)16-6-7-18(28-3)19-17(16)14-23(29-19)10-4-5-11-23;/h6-7,15,24H,4-5,8-14H2,1-3H3;1H. The van der Waals surface area contributed by atoms with E-state index in [9.17, 15) is 4.79 Å². The van der Waals surface area contributed by atoms with Crippen LogP contribution in [0.4, 0.5) is 0 Å². The molecule has 0 aromatic heterocycles. The summed E-state index contributed by atoms with van der Waals surface area (Å²) in [5, 5.41) is 10.1. The number of ether oxygens (including phenoxy) is 2. The number of benzene rings is 1. The normalized spacial score (nSPS) is 24.4. The van der Waals surface area contributed by atoms with E-state index in [1.807, 2.05) is 19.9 Å². The van der Waals surface area contributed by atoms with Crippen molar-refractivity contribution in [1.29, 1.82) is 0 Å². The fraction of sp³-hybridized carbons (Fsp3) is 0.652. The Kier molecular flexibility index (Phi) is 5.52. The van der Waals surface area contributed by atoms with E-state index in [0.717, 1.165) is 73.5 Å². The maximum Gasteiger partial charge on any atom is 0.254 e. The van der Waals surface area contributed by atoms with Crippen LogP contribution in [-0.4, -0.2) is 48.5 Å². The minimum atomic E-state index is -0.640. The van der Waals surface area contributed by atoms with E-state index in [4.69, 9.17) is 14.6 Å². The number of hydrazone groups is 1. The second kappa shape index (κ2) is 7.72. The second-order valence-electron chi connectivity index (χ2n) is 9.50. The molecule has 6 nitrogen and oxygen atoms in total. The van der Waals surface area contributed by atoms with Gasteiger partial charge in [0.2, 0.25) is 0 Å². The van der Waals surface area contributed by atoms with Crippen LogP contribution in [-0.2, 0) is 11.2 Å². The Bertz CT molecular complexity index is 871. The number of nitrogens with zero attached hydrogens (tertiary/aromatic N) is 2. The highest BCUT2D eigenvalue weighted by Gasteiger charge is 2.50. The third-order valence-electron chi connectivity index (χ3n) is 7.23. The fourth-order valence-corrected chi connectivity index (χ4v) is 5.50. The highest BCUT2D eigenvalue weighted by atomic mass is 35.5. The summed E-state index contributed by atoms with van der Waals surface area (Å²) in [6, 6.07) is 4.23. The van der Waals surface area contributed by atoms with Crippen molar-refractivity contribution in [2.24, 2.45) is 10.5 Å². The predicted molar refractivity (Wildman–Crippen MR) is 119 cm³/mol. The highest BCUT2D eigenvalue weighted by molar-refractivity contribution is 6.20. The van der Waals surface area contributed by atoms with Gasteiger partial charge in [-0.05, 0) is 77.6 Å². The van der Waals surface area contributed by atoms with Gasteiger partial charge in [-0.25, -0.2) is 5.01 Å². The smallest absolute Gasteiger partial charge is 0.254 e. The largest absolute Gasteiger partial charge is 0.493 e. The zero-order valence-electron chi connectivity index (χ0n) is 18.1. The van der Waals surface area contributed by atoms with E-state index in [1.165, 1.54) is 12.8 Å². The van der Waals surface area contributed by atoms with Gasteiger partial charge in [0.15, 0.2) is 11.5 Å². The van der Waals surface area contributed by atoms with Crippen molar-refractivity contribution < 1.29 is 14.3 Å². The number of rotatable bonds is 3. The van der Waals surface area contributed by atoms with E-state index in [-0.39, 0.29) is 30.0 Å². The summed E-state index contributed by atoms with van der Waals surface area (Å²) in [6.07, 6.45) is 7.36. The van der Waals surface area contributed by atoms with Gasteiger partial charge in [0.1, 0.15) is 5.60 Å². The van der Waals surface area contributed by atoms with Crippen LogP contribution in [0.3, 0.4) is 0 Å². The quantitative estimate of drug-likeness (QED) is 0.789. The SMILES string of the molecule is COc1ccc(C2=NN(C3CCNCC3)C(=O)C2(C)C)c2c1OC1(CCCC1)C2.Cl. The lowest BCUT2D eigenvalue weighted by Gasteiger charge is -2.30. The summed E-state index contributed by atoms with van der Waals surface area (Å²) in [5.74, 6) is 1.75. The van der Waals surface area contributed by atoms with Gasteiger partial charge in [-0.1, -0.05) is 0 Å². The Labute approximate surface area is 184 Å². The van der Waals surface area contributed by atoms with Crippen molar-refractivity contribution >= 4 is 24.0 Å². The van der Waals surface area contributed by atoms with Crippen molar-refractivity contribution in [1.82, 2.24) is 10.3 Å². The predicted octanol–water partition coefficient (Wildman–Crippen LogP) is 3.69. The Morgan fingerprint density at radius 1 is 1.20 bits per heavy atom. The van der Waals surface area contributed by atoms with Crippen LogP contribution in [0.15, 0.2) is 17.2 Å². The zero-order valence-corrected chi connectivity index (χ0v) is 18.9. The van der Waals surface area contributed by atoms with Crippen LogP contribution >= 0.6 is 12.4 Å². The third-order valence-corrected chi connectivity index (χ3v) is 7.23. The lowest BCUT2D eigenvalue weighted by Crippen LogP contribution is -2.44. The molecule has 1 aromatic carbocycles. The van der Waals surface area contributed by atoms with Crippen molar-refractivity contribution in [3.8, 4) is 11.5 Å². The maximum absolute atomic E-state index is 13.3. The number of carbonyl (C=O) groups excluding carboxylic acids is 1. The van der Waals surface area contributed by atoms with E-state index in [1.54, 1.807) is 12.1 Å². The Hall–Kier alpha value is -1.79. The Morgan fingerprint density at radius 2 is 1.90 bits per heavy atom. The molecule has 30 heavy (non-hydrogen) atoms. The lowest BCUT2D eigenvalue weighted by atomic mass is 9.80. The Morgan fingerprint density at radius 3 is 2.57 bits per heavy atom. The van der Waals surface area contributed by atoms with Gasteiger partial charge in [-0.2, -0.15) is 5.10 Å². The number of hydrogen-bond donors (Lipinski definition) is 1. The zero-order chi connectivity index (χ0) is 20.2. The number of piperidine rings is 1. The van der Waals surface area contributed by atoms with Crippen LogP contribution < -0.4 is 14.8 Å². The number of methoxy groups -OCH3 is 1. The molecule has 5 rings (SSSR count). The van der Waals surface area contributed by atoms with Crippen molar-refractivity contribution in [3.05, 3.63) is 23.3 Å². The van der Waals surface area contributed by atoms with Crippen molar-refractivity contribution in [2.75, 3.05) is 20.2 Å². The molecule has 3 heterocycles. The number of fused-ring (bicyclic) bond motifs is 1. The average molecular weight is 434 g/mol. The lowest BCUT2D eigenvalue weighted by molar-refractivity contribution is -0.137. The highest BCUT2D eigenvalue weighted by Crippen LogP contribution is 2.51. The average Bonchev–Trinajstić information content (AvgIpc) is 3.40. The number of nitrogens with one attached hydrogen (secondary N) is 1. The van der Waals surface area contributed by atoms with E-state index in [0.29, 0.717) is 0 Å². The third kappa shape index (κ3) is 3.19. The summed E-state index contributed by atoms with van der Waals surface area (Å²) in [5.41, 5.74) is 2.35. The molecule has 1 spiro atoms. The summed E-state index contributed by atoms with van der Waals surface area (Å²) in [6.45, 7) is 5.89. The molecule has 1 aliphatic carbocycles. The molecule has 4 aliphatic rings. The van der Waals surface area contributed by atoms with Crippen LogP contribution in [0.2, 0.25) is 0 Å². The van der Waals surface area contributed by atoms with E-state index >= 15 is 0 Å². The molecule has 164 valence electrons. The van der Waals surface area contributed by atoms with Crippen LogP contribution in [0, 0.1) is 5.41 Å². The number of hydrogen-bond acceptors (Lipinski definition) is 5. The molecule has 0 atom stereocenters. The first-order valence-corrected chi connectivity index (χ1v) is 11.0. The number of amides is 1. The van der Waals surface area contributed by atoms with Gasteiger partial charge in [0.25, 0.3) is 5.91 Å². The number of carbonyl (C=O) groups is 1. The van der Waals surface area contributed by atoms with Gasteiger partial charge >= 0.3 is 0 Å². The van der Waals surface area contributed by atoms with Gasteiger partial charge in [0.05, 0.1) is 24.3 Å². The van der Waals surface area contributed by atoms with Crippen molar-refractivity contribution in [2.45, 2.75) is 70.4 Å². The van der Waals surface area contributed by atoms with E-state index in [2.05, 4.69) is 11.4 Å². The topological polar surface area (TPSA) is 63.2 Å². The molecule has 0 unspecified atom stereocenters. The number of halogens is 1. The molecular weight excluding hydrogens is 402 g/mol. The summed E-state index contributed by atoms with van der Waals surface area (Å²) < 4.78 is 12.1. The summed E-state index contributed by atoms with van der Waals surface area (Å²) in [4.78, 5) is 13.3. The van der Waals surface area contributed by atoms with Crippen molar-refractivity contribution in [3.63, 3.8) is 0 Å². The summed E-state index contributed by atoms with van der Waals surface area (Å²) >= 11 is 0. The van der Waals surface area contributed by atoms with Crippen LogP contribution in [0.5, 0.6) is 11.5 Å². The first-order chi connectivity index (χ1) is 14.0. The molecule has 3 aliphatic heterocycles. The van der Waals surface area contributed by atoms with E-state index < -0.39 is 5.41 Å². The Balaban J connectivity index is 0.00000218. The molecule has 1 aromatic rings. The second-order valence-corrected chi connectivity index (χ2v) is 9.50. The molecule has 2 fully saturated rings. The molecule has 0 radical (unpaired) electrons. The fourth-order valence-electron chi connectivity index (χ4n) is 5.50. The van der Waals surface area contributed by atoms with Gasteiger partial charge in [0, 0.05) is 17.5 Å². The van der Waals surface area contributed by atoms with Crippen LogP contribution in [0.1, 0.15) is 63.5 Å². The molecule has 1 saturated carbocycles. The monoisotopic (exact) mass is 433 g/mol. The van der Waals surface area contributed by atoms with Gasteiger partial charge in [-0.3, -0.25) is 4.79 Å². The molecule has 7 heteroatoms. The molecular formula is C23H32ClN3O3. The molecule has 1 amide bonds. The molecule has 0 bridgehead atoms. The molecule has 1 N–H and O–H groups in total. The first kappa shape index (κ1) is 21.4. The minimum absolute atomic E-state index is 0. The maximum atomic E-state index is 13.3. The summed E-state index contributed by atoms with van der Waals surface area (Å²) in [7, 11) is 1.69.